The van der Waals surface area contributed by atoms with Gasteiger partial charge in [0.15, 0.2) is 19.0 Å². The molecule has 2 heterocycles. The van der Waals surface area contributed by atoms with Gasteiger partial charge in [-0.1, -0.05) is 11.6 Å². The molecule has 0 aliphatic heterocycles. The number of benzene rings is 1. The molecule has 0 fully saturated rings. The average molecular weight is 528 g/mol. The Morgan fingerprint density at radius 3 is 2.76 bits per heavy atom. The lowest BCUT2D eigenvalue weighted by Crippen LogP contribution is -2.35. The van der Waals surface area contributed by atoms with Crippen molar-refractivity contribution in [2.24, 2.45) is 7.05 Å². The summed E-state index contributed by atoms with van der Waals surface area (Å²) in [7, 11) is 1.67. The molecule has 0 unspecified atom stereocenters. The van der Waals surface area contributed by atoms with Crippen LogP contribution in [0.2, 0.25) is 5.02 Å². The predicted octanol–water partition coefficient (Wildman–Crippen LogP) is 2.71. The van der Waals surface area contributed by atoms with E-state index in [1.165, 1.54) is 0 Å². The van der Waals surface area contributed by atoms with Crippen LogP contribution in [0.4, 0.5) is 0 Å². The second-order valence-corrected chi connectivity index (χ2v) is 7.47. The number of amides is 2. The summed E-state index contributed by atoms with van der Waals surface area (Å²) in [5, 5.41) is 3.36. The Kier molecular flexibility index (Phi) is 6.70. The molecule has 3 rings (SSSR count). The third-order valence-corrected chi connectivity index (χ3v) is 4.99. The third-order valence-electron chi connectivity index (χ3n) is 3.88. The molecule has 29 heavy (non-hydrogen) atoms. The van der Waals surface area contributed by atoms with Crippen LogP contribution in [0, 0.1) is 3.57 Å². The van der Waals surface area contributed by atoms with Gasteiger partial charge in [0.05, 0.1) is 8.59 Å². The summed E-state index contributed by atoms with van der Waals surface area (Å²) in [6.45, 7) is -1.03. The van der Waals surface area contributed by atoms with Gasteiger partial charge in [0.1, 0.15) is 11.2 Å². The molecule has 0 radical (unpaired) electrons. The fourth-order valence-electron chi connectivity index (χ4n) is 2.53. The molecular formula is C19H15ClIN3O5. The summed E-state index contributed by atoms with van der Waals surface area (Å²) in [5.41, 5.74) is 0.827. The number of nitrogens with one attached hydrogen (secondary N) is 1. The second-order valence-electron chi connectivity index (χ2n) is 5.90. The Labute approximate surface area is 184 Å². The van der Waals surface area contributed by atoms with E-state index < -0.39 is 31.0 Å². The van der Waals surface area contributed by atoms with Crippen molar-refractivity contribution in [3.8, 4) is 5.75 Å². The highest BCUT2D eigenvalue weighted by atomic mass is 127. The summed E-state index contributed by atoms with van der Waals surface area (Å²) in [4.78, 5) is 40.0. The van der Waals surface area contributed by atoms with E-state index in [2.05, 4.69) is 10.3 Å². The van der Waals surface area contributed by atoms with Gasteiger partial charge in [-0.3, -0.25) is 19.9 Å². The number of carbonyl (C=O) groups is 3. The Balaban J connectivity index is 1.54. The molecule has 3 aromatic rings. The minimum absolute atomic E-state index is 0.310. The summed E-state index contributed by atoms with van der Waals surface area (Å²) >= 11 is 8.23. The van der Waals surface area contributed by atoms with Crippen molar-refractivity contribution in [3.63, 3.8) is 0 Å². The number of fused-ring (bicyclic) bond motifs is 1. The van der Waals surface area contributed by atoms with E-state index in [1.807, 2.05) is 22.6 Å². The zero-order valence-electron chi connectivity index (χ0n) is 15.1. The quantitative estimate of drug-likeness (QED) is 0.391. The number of aryl methyl sites for hydroxylation is 1. The zero-order chi connectivity index (χ0) is 21.0. The van der Waals surface area contributed by atoms with Crippen molar-refractivity contribution in [3.05, 3.63) is 57.0 Å². The Morgan fingerprint density at radius 2 is 2.03 bits per heavy atom. The number of carbonyl (C=O) groups excluding carboxylic acids is 3. The van der Waals surface area contributed by atoms with Crippen LogP contribution < -0.4 is 10.1 Å². The van der Waals surface area contributed by atoms with Gasteiger partial charge in [0, 0.05) is 24.8 Å². The zero-order valence-corrected chi connectivity index (χ0v) is 18.1. The van der Waals surface area contributed by atoms with Gasteiger partial charge in [-0.05, 0) is 52.9 Å². The maximum atomic E-state index is 11.9. The SMILES string of the molecule is Cn1cccc1C(=O)NC(=O)COC(=O)COc1c(I)cc(Cl)c2cccnc12. The summed E-state index contributed by atoms with van der Waals surface area (Å²) in [6, 6.07) is 8.48. The molecule has 0 aliphatic rings. The van der Waals surface area contributed by atoms with E-state index in [0.29, 0.717) is 30.9 Å². The highest BCUT2D eigenvalue weighted by Gasteiger charge is 2.17. The van der Waals surface area contributed by atoms with E-state index in [0.717, 1.165) is 0 Å². The van der Waals surface area contributed by atoms with Crippen LogP contribution in [-0.4, -0.2) is 40.5 Å². The first-order valence-electron chi connectivity index (χ1n) is 8.33. The third kappa shape index (κ3) is 5.04. The molecule has 8 nitrogen and oxygen atoms in total. The molecule has 0 aliphatic carbocycles. The average Bonchev–Trinajstić information content (AvgIpc) is 3.12. The van der Waals surface area contributed by atoms with Crippen molar-refractivity contribution < 1.29 is 23.9 Å². The van der Waals surface area contributed by atoms with Gasteiger partial charge in [-0.2, -0.15) is 0 Å². The highest BCUT2D eigenvalue weighted by molar-refractivity contribution is 14.1. The van der Waals surface area contributed by atoms with E-state index in [1.54, 1.807) is 54.3 Å². The van der Waals surface area contributed by atoms with Gasteiger partial charge in [0.2, 0.25) is 0 Å². The van der Waals surface area contributed by atoms with Crippen molar-refractivity contribution in [1.29, 1.82) is 0 Å². The Morgan fingerprint density at radius 1 is 1.24 bits per heavy atom. The normalized spacial score (nSPS) is 10.6. The molecule has 10 heteroatoms. The number of hydrogen-bond acceptors (Lipinski definition) is 6. The molecule has 0 saturated carbocycles. The van der Waals surface area contributed by atoms with Gasteiger partial charge >= 0.3 is 5.97 Å². The first-order valence-corrected chi connectivity index (χ1v) is 9.79. The minimum atomic E-state index is -0.763. The van der Waals surface area contributed by atoms with Crippen molar-refractivity contribution in [1.82, 2.24) is 14.9 Å². The van der Waals surface area contributed by atoms with Crippen LogP contribution >= 0.6 is 34.2 Å². The Bertz CT molecular complexity index is 1100. The number of nitrogens with zero attached hydrogens (tertiary/aromatic N) is 2. The summed E-state index contributed by atoms with van der Waals surface area (Å²) in [5.74, 6) is -1.69. The molecule has 150 valence electrons. The lowest BCUT2D eigenvalue weighted by atomic mass is 10.2. The summed E-state index contributed by atoms with van der Waals surface area (Å²) in [6.07, 6.45) is 3.27. The summed E-state index contributed by atoms with van der Waals surface area (Å²) < 4.78 is 12.7. The number of rotatable bonds is 6. The predicted molar refractivity (Wildman–Crippen MR) is 114 cm³/mol. The maximum Gasteiger partial charge on any atom is 0.344 e. The molecule has 1 aromatic carbocycles. The van der Waals surface area contributed by atoms with E-state index in [-0.39, 0.29) is 0 Å². The topological polar surface area (TPSA) is 99.5 Å². The number of esters is 1. The van der Waals surface area contributed by atoms with E-state index in [9.17, 15) is 14.4 Å². The number of halogens is 2. The lowest BCUT2D eigenvalue weighted by Gasteiger charge is -2.11. The van der Waals surface area contributed by atoms with Gasteiger partial charge in [0.25, 0.3) is 11.8 Å². The van der Waals surface area contributed by atoms with Crippen LogP contribution in [-0.2, 0) is 21.4 Å². The van der Waals surface area contributed by atoms with Crippen LogP contribution in [0.3, 0.4) is 0 Å². The lowest BCUT2D eigenvalue weighted by molar-refractivity contribution is -0.150. The molecule has 0 spiro atoms. The van der Waals surface area contributed by atoms with Crippen molar-refractivity contribution in [2.75, 3.05) is 13.2 Å². The van der Waals surface area contributed by atoms with E-state index in [4.69, 9.17) is 21.1 Å². The Hall–Kier alpha value is -2.66. The molecular weight excluding hydrogens is 513 g/mol. The molecule has 0 saturated heterocycles. The fourth-order valence-corrected chi connectivity index (χ4v) is 3.69. The maximum absolute atomic E-state index is 11.9. The standard InChI is InChI=1S/C19H15ClIN3O5/c1-24-7-3-5-14(24)19(27)23-15(25)9-28-16(26)10-29-18-13(21)8-12(20)11-4-2-6-22-17(11)18/h2-8H,9-10H2,1H3,(H,23,25,27). The number of hydrogen-bond donors (Lipinski definition) is 1. The van der Waals surface area contributed by atoms with Crippen LogP contribution in [0.1, 0.15) is 10.5 Å². The molecule has 0 bridgehead atoms. The van der Waals surface area contributed by atoms with Gasteiger partial charge in [-0.25, -0.2) is 4.79 Å². The second kappa shape index (κ2) is 9.23. The number of pyridine rings is 1. The van der Waals surface area contributed by atoms with Gasteiger partial charge in [-0.15, -0.1) is 0 Å². The highest BCUT2D eigenvalue weighted by Crippen LogP contribution is 2.34. The number of aromatic nitrogens is 2. The van der Waals surface area contributed by atoms with Crippen LogP contribution in [0.25, 0.3) is 10.9 Å². The molecule has 2 aromatic heterocycles. The molecule has 1 N–H and O–H groups in total. The first-order chi connectivity index (χ1) is 13.9. The molecule has 0 atom stereocenters. The number of ether oxygens (including phenoxy) is 2. The smallest absolute Gasteiger partial charge is 0.344 e. The van der Waals surface area contributed by atoms with E-state index >= 15 is 0 Å². The molecule has 2 amide bonds. The van der Waals surface area contributed by atoms with Crippen molar-refractivity contribution in [2.45, 2.75) is 0 Å². The first kappa shape index (κ1) is 21.1. The monoisotopic (exact) mass is 527 g/mol. The largest absolute Gasteiger partial charge is 0.478 e. The fraction of sp³-hybridized carbons (Fsp3) is 0.158. The van der Waals surface area contributed by atoms with Crippen molar-refractivity contribution >= 4 is 62.9 Å². The van der Waals surface area contributed by atoms with Crippen LogP contribution in [0.15, 0.2) is 42.7 Å². The van der Waals surface area contributed by atoms with Crippen LogP contribution in [0.5, 0.6) is 5.75 Å². The van der Waals surface area contributed by atoms with Gasteiger partial charge < -0.3 is 14.0 Å². The minimum Gasteiger partial charge on any atom is -0.478 e. The number of imide groups is 1.